The van der Waals surface area contributed by atoms with Crippen molar-refractivity contribution in [2.24, 2.45) is 0 Å². The number of halogens is 1. The molecule has 1 heterocycles. The summed E-state index contributed by atoms with van der Waals surface area (Å²) >= 11 is 0. The molecular formula is C16H21FN2O5S. The van der Waals surface area contributed by atoms with Crippen LogP contribution < -0.4 is 0 Å². The Morgan fingerprint density at radius 3 is 2.44 bits per heavy atom. The highest BCUT2D eigenvalue weighted by Crippen LogP contribution is 2.18. The predicted molar refractivity (Wildman–Crippen MR) is 88.0 cm³/mol. The Kier molecular flexibility index (Phi) is 6.12. The van der Waals surface area contributed by atoms with E-state index >= 15 is 0 Å². The van der Waals surface area contributed by atoms with Gasteiger partial charge < -0.3 is 9.64 Å². The largest absolute Gasteiger partial charge is 0.452 e. The lowest BCUT2D eigenvalue weighted by Crippen LogP contribution is -2.38. The molecule has 9 heteroatoms. The molecule has 0 aromatic heterocycles. The summed E-state index contributed by atoms with van der Waals surface area (Å²) in [5.41, 5.74) is -0.519. The monoisotopic (exact) mass is 372 g/mol. The summed E-state index contributed by atoms with van der Waals surface area (Å²) in [7, 11) is -1.16. The van der Waals surface area contributed by atoms with Crippen molar-refractivity contribution < 1.29 is 27.1 Å². The third-order valence-corrected chi connectivity index (χ3v) is 5.78. The zero-order valence-corrected chi connectivity index (χ0v) is 15.0. The highest BCUT2D eigenvalue weighted by Gasteiger charge is 2.23. The third kappa shape index (κ3) is 4.55. The van der Waals surface area contributed by atoms with Crippen molar-refractivity contribution in [3.8, 4) is 0 Å². The number of carbonyl (C=O) groups is 2. The quantitative estimate of drug-likeness (QED) is 0.726. The number of benzene rings is 1. The van der Waals surface area contributed by atoms with Gasteiger partial charge in [-0.2, -0.15) is 0 Å². The van der Waals surface area contributed by atoms with Crippen LogP contribution in [0.5, 0.6) is 0 Å². The third-order valence-electron chi connectivity index (χ3n) is 3.97. The van der Waals surface area contributed by atoms with E-state index < -0.39 is 34.0 Å². The SMILES string of the molecule is CN(C)S(=O)(=O)c1ccc(F)c(C(=O)OCC(=O)N2CCCCC2)c1. The molecule has 0 saturated carbocycles. The molecule has 0 N–H and O–H groups in total. The molecule has 1 saturated heterocycles. The second-order valence-electron chi connectivity index (χ2n) is 5.95. The van der Waals surface area contributed by atoms with E-state index in [2.05, 4.69) is 0 Å². The molecule has 1 aliphatic heterocycles. The maximum absolute atomic E-state index is 13.9. The van der Waals surface area contributed by atoms with Gasteiger partial charge in [0, 0.05) is 27.2 Å². The number of hydrogen-bond donors (Lipinski definition) is 0. The van der Waals surface area contributed by atoms with Crippen LogP contribution in [0.3, 0.4) is 0 Å². The van der Waals surface area contributed by atoms with E-state index in [1.807, 2.05) is 0 Å². The van der Waals surface area contributed by atoms with Crippen molar-refractivity contribution in [2.45, 2.75) is 24.2 Å². The number of nitrogens with zero attached hydrogens (tertiary/aromatic N) is 2. The van der Waals surface area contributed by atoms with Gasteiger partial charge in [0.25, 0.3) is 5.91 Å². The molecule has 0 atom stereocenters. The van der Waals surface area contributed by atoms with Gasteiger partial charge in [-0.05, 0) is 37.5 Å². The molecule has 25 heavy (non-hydrogen) atoms. The zero-order valence-electron chi connectivity index (χ0n) is 14.2. The zero-order chi connectivity index (χ0) is 18.6. The lowest BCUT2D eigenvalue weighted by Gasteiger charge is -2.26. The summed E-state index contributed by atoms with van der Waals surface area (Å²) in [5.74, 6) is -2.32. The molecule has 0 aliphatic carbocycles. The minimum absolute atomic E-state index is 0.229. The van der Waals surface area contributed by atoms with Gasteiger partial charge in [0.1, 0.15) is 5.82 Å². The Morgan fingerprint density at radius 2 is 1.84 bits per heavy atom. The van der Waals surface area contributed by atoms with E-state index in [0.29, 0.717) is 13.1 Å². The first-order valence-corrected chi connectivity index (χ1v) is 9.34. The van der Waals surface area contributed by atoms with E-state index in [4.69, 9.17) is 4.74 Å². The van der Waals surface area contributed by atoms with Crippen molar-refractivity contribution in [1.82, 2.24) is 9.21 Å². The van der Waals surface area contributed by atoms with E-state index in [0.717, 1.165) is 41.8 Å². The summed E-state index contributed by atoms with van der Waals surface area (Å²) in [5, 5.41) is 0. The van der Waals surface area contributed by atoms with Crippen LogP contribution in [0.15, 0.2) is 23.1 Å². The molecule has 138 valence electrons. The Morgan fingerprint density at radius 1 is 1.20 bits per heavy atom. The van der Waals surface area contributed by atoms with Gasteiger partial charge in [0.15, 0.2) is 6.61 Å². The number of rotatable bonds is 5. The van der Waals surface area contributed by atoms with E-state index in [1.165, 1.54) is 14.1 Å². The molecule has 1 aromatic carbocycles. The number of carbonyl (C=O) groups excluding carboxylic acids is 2. The molecule has 1 amide bonds. The molecule has 1 aliphatic rings. The van der Waals surface area contributed by atoms with Crippen LogP contribution in [0.2, 0.25) is 0 Å². The van der Waals surface area contributed by atoms with Crippen molar-refractivity contribution in [1.29, 1.82) is 0 Å². The minimum Gasteiger partial charge on any atom is -0.452 e. The number of hydrogen-bond acceptors (Lipinski definition) is 5. The lowest BCUT2D eigenvalue weighted by molar-refractivity contribution is -0.135. The topological polar surface area (TPSA) is 84.0 Å². The normalized spacial score (nSPS) is 15.3. The van der Waals surface area contributed by atoms with Crippen LogP contribution in [0, 0.1) is 5.82 Å². The first-order chi connectivity index (χ1) is 11.7. The summed E-state index contributed by atoms with van der Waals surface area (Å²) in [6, 6.07) is 2.87. The average molecular weight is 372 g/mol. The minimum atomic E-state index is -3.81. The lowest BCUT2D eigenvalue weighted by atomic mass is 10.1. The fraction of sp³-hybridized carbons (Fsp3) is 0.500. The molecule has 0 spiro atoms. The fourth-order valence-corrected chi connectivity index (χ4v) is 3.40. The van der Waals surface area contributed by atoms with Gasteiger partial charge in [-0.3, -0.25) is 4.79 Å². The van der Waals surface area contributed by atoms with E-state index in [1.54, 1.807) is 4.90 Å². The van der Waals surface area contributed by atoms with Crippen LogP contribution >= 0.6 is 0 Å². The molecule has 0 bridgehead atoms. The molecule has 7 nitrogen and oxygen atoms in total. The van der Waals surface area contributed by atoms with Crippen LogP contribution in [-0.4, -0.2) is 63.3 Å². The Hall–Kier alpha value is -2.00. The van der Waals surface area contributed by atoms with Gasteiger partial charge in [-0.25, -0.2) is 21.9 Å². The molecule has 0 radical (unpaired) electrons. The van der Waals surface area contributed by atoms with Crippen LogP contribution in [0.4, 0.5) is 4.39 Å². The Bertz CT molecular complexity index is 758. The fourth-order valence-electron chi connectivity index (χ4n) is 2.47. The number of esters is 1. The second-order valence-corrected chi connectivity index (χ2v) is 8.10. The van der Waals surface area contributed by atoms with Crippen LogP contribution in [-0.2, 0) is 19.6 Å². The van der Waals surface area contributed by atoms with Crippen LogP contribution in [0.1, 0.15) is 29.6 Å². The number of sulfonamides is 1. The molecule has 2 rings (SSSR count). The maximum atomic E-state index is 13.9. The van der Waals surface area contributed by atoms with Crippen molar-refractivity contribution >= 4 is 21.9 Å². The van der Waals surface area contributed by atoms with Gasteiger partial charge in [-0.15, -0.1) is 0 Å². The standard InChI is InChI=1S/C16H21FN2O5S/c1-18(2)25(22,23)12-6-7-14(17)13(10-12)16(21)24-11-15(20)19-8-4-3-5-9-19/h6-7,10H,3-5,8-9,11H2,1-2H3. The second kappa shape index (κ2) is 7.92. The smallest absolute Gasteiger partial charge is 0.341 e. The van der Waals surface area contributed by atoms with Crippen LogP contribution in [0.25, 0.3) is 0 Å². The number of piperidine rings is 1. The van der Waals surface area contributed by atoms with Gasteiger partial charge in [0.2, 0.25) is 10.0 Å². The number of ether oxygens (including phenoxy) is 1. The highest BCUT2D eigenvalue weighted by atomic mass is 32.2. The Labute approximate surface area is 146 Å². The summed E-state index contributed by atoms with van der Waals surface area (Å²) < 4.78 is 43.9. The highest BCUT2D eigenvalue weighted by molar-refractivity contribution is 7.89. The van der Waals surface area contributed by atoms with Gasteiger partial charge in [-0.1, -0.05) is 0 Å². The predicted octanol–water partition coefficient (Wildman–Crippen LogP) is 1.25. The van der Waals surface area contributed by atoms with Crippen molar-refractivity contribution in [3.63, 3.8) is 0 Å². The average Bonchev–Trinajstić information content (AvgIpc) is 2.60. The Balaban J connectivity index is 2.09. The van der Waals surface area contributed by atoms with E-state index in [-0.39, 0.29) is 10.8 Å². The summed E-state index contributed by atoms with van der Waals surface area (Å²) in [6.45, 7) is 0.728. The molecule has 1 fully saturated rings. The maximum Gasteiger partial charge on any atom is 0.341 e. The summed E-state index contributed by atoms with van der Waals surface area (Å²) in [4.78, 5) is 25.4. The van der Waals surface area contributed by atoms with Gasteiger partial charge >= 0.3 is 5.97 Å². The first-order valence-electron chi connectivity index (χ1n) is 7.90. The summed E-state index contributed by atoms with van der Waals surface area (Å²) in [6.07, 6.45) is 2.86. The first kappa shape index (κ1) is 19.3. The number of likely N-dealkylation sites (tertiary alicyclic amines) is 1. The number of amides is 1. The van der Waals surface area contributed by atoms with E-state index in [9.17, 15) is 22.4 Å². The van der Waals surface area contributed by atoms with Gasteiger partial charge in [0.05, 0.1) is 10.5 Å². The van der Waals surface area contributed by atoms with Crippen molar-refractivity contribution in [3.05, 3.63) is 29.6 Å². The van der Waals surface area contributed by atoms with Crippen molar-refractivity contribution in [2.75, 3.05) is 33.8 Å². The molecule has 0 unspecified atom stereocenters. The molecule has 1 aromatic rings. The molecular weight excluding hydrogens is 351 g/mol.